The predicted octanol–water partition coefficient (Wildman–Crippen LogP) is 2.05. The molecule has 2 heterocycles. The minimum Gasteiger partial charge on any atom is -0.494 e. The third-order valence-electron chi connectivity index (χ3n) is 4.76. The van der Waals surface area contributed by atoms with Gasteiger partial charge in [0.25, 0.3) is 0 Å². The smallest absolute Gasteiger partial charge is 0.194 e. The van der Waals surface area contributed by atoms with Crippen molar-refractivity contribution in [3.63, 3.8) is 0 Å². The molecule has 1 aromatic heterocycles. The van der Waals surface area contributed by atoms with Gasteiger partial charge >= 0.3 is 0 Å². The van der Waals surface area contributed by atoms with Crippen molar-refractivity contribution in [2.24, 2.45) is 12.0 Å². The number of fused-ring (bicyclic) bond motifs is 1. The molecule has 0 bridgehead atoms. The van der Waals surface area contributed by atoms with E-state index in [4.69, 9.17) is 4.74 Å². The highest BCUT2D eigenvalue weighted by atomic mass is 16.5. The van der Waals surface area contributed by atoms with Crippen LogP contribution >= 0.6 is 0 Å². The lowest BCUT2D eigenvalue weighted by atomic mass is 9.99. The van der Waals surface area contributed by atoms with Crippen molar-refractivity contribution >= 4 is 5.96 Å². The molecule has 2 aromatic rings. The second-order valence-corrected chi connectivity index (χ2v) is 6.57. The molecule has 7 heteroatoms. The summed E-state index contributed by atoms with van der Waals surface area (Å²) >= 11 is 0. The zero-order valence-corrected chi connectivity index (χ0v) is 16.1. The van der Waals surface area contributed by atoms with Gasteiger partial charge in [0.2, 0.25) is 0 Å². The molecule has 1 N–H and O–H groups in total. The monoisotopic (exact) mass is 356 g/mol. The van der Waals surface area contributed by atoms with E-state index in [1.54, 1.807) is 0 Å². The van der Waals surface area contributed by atoms with Crippen LogP contribution in [-0.4, -0.2) is 45.8 Å². The number of hydrogen-bond donors (Lipinski definition) is 1. The largest absolute Gasteiger partial charge is 0.494 e. The number of aromatic nitrogens is 3. The quantitative estimate of drug-likeness (QED) is 0.656. The zero-order valence-electron chi connectivity index (χ0n) is 16.1. The van der Waals surface area contributed by atoms with Gasteiger partial charge in [0, 0.05) is 27.2 Å². The summed E-state index contributed by atoms with van der Waals surface area (Å²) < 4.78 is 7.74. The highest BCUT2D eigenvalue weighted by Gasteiger charge is 2.20. The molecule has 0 radical (unpaired) electrons. The van der Waals surface area contributed by atoms with Crippen molar-refractivity contribution in [2.75, 3.05) is 20.2 Å². The van der Waals surface area contributed by atoms with E-state index in [0.717, 1.165) is 55.9 Å². The molecule has 0 spiro atoms. The van der Waals surface area contributed by atoms with Crippen molar-refractivity contribution < 1.29 is 4.74 Å². The molecule has 0 aliphatic carbocycles. The summed E-state index contributed by atoms with van der Waals surface area (Å²) in [7, 11) is 3.80. The molecule has 0 unspecified atom stereocenters. The van der Waals surface area contributed by atoms with Crippen LogP contribution in [0.1, 0.15) is 36.1 Å². The molecule has 1 aromatic carbocycles. The molecular weight excluding hydrogens is 328 g/mol. The molecule has 0 saturated carbocycles. The number of hydrogen-bond acceptors (Lipinski definition) is 4. The summed E-state index contributed by atoms with van der Waals surface area (Å²) in [5.41, 5.74) is 2.70. The summed E-state index contributed by atoms with van der Waals surface area (Å²) in [6, 6.07) is 6.42. The minimum absolute atomic E-state index is 0.608. The normalized spacial score (nSPS) is 14.3. The van der Waals surface area contributed by atoms with E-state index < -0.39 is 0 Å². The molecule has 0 saturated heterocycles. The summed E-state index contributed by atoms with van der Waals surface area (Å²) in [6.07, 6.45) is 2.01. The fourth-order valence-corrected chi connectivity index (χ4v) is 3.12. The van der Waals surface area contributed by atoms with Gasteiger partial charge in [-0.25, -0.2) is 0 Å². The summed E-state index contributed by atoms with van der Waals surface area (Å²) in [5.74, 6) is 3.67. The summed E-state index contributed by atoms with van der Waals surface area (Å²) in [4.78, 5) is 6.72. The number of benzene rings is 1. The number of aliphatic imine (C=N–C) groups is 1. The zero-order chi connectivity index (χ0) is 18.5. The standard InChI is InChI=1S/C19H28N6O/c1-5-10-26-17-7-6-16-13-25(9-8-15(16)11-17)19(20-3)21-12-18-23-22-14(2)24(18)4/h6-7,11H,5,8-10,12-13H2,1-4H3,(H,20,21). The molecule has 7 nitrogen and oxygen atoms in total. The van der Waals surface area contributed by atoms with E-state index in [0.29, 0.717) is 6.54 Å². The van der Waals surface area contributed by atoms with Crippen molar-refractivity contribution in [3.8, 4) is 5.75 Å². The van der Waals surface area contributed by atoms with Crippen LogP contribution in [-0.2, 0) is 26.6 Å². The van der Waals surface area contributed by atoms with Gasteiger partial charge < -0.3 is 19.5 Å². The third-order valence-corrected chi connectivity index (χ3v) is 4.76. The molecular formula is C19H28N6O. The minimum atomic E-state index is 0.608. The number of guanidine groups is 1. The van der Waals surface area contributed by atoms with Crippen LogP contribution in [0.15, 0.2) is 23.2 Å². The molecule has 1 aliphatic heterocycles. The average molecular weight is 356 g/mol. The van der Waals surface area contributed by atoms with E-state index in [1.807, 2.05) is 25.6 Å². The van der Waals surface area contributed by atoms with Gasteiger partial charge in [-0.3, -0.25) is 4.99 Å². The number of nitrogens with zero attached hydrogens (tertiary/aromatic N) is 5. The fourth-order valence-electron chi connectivity index (χ4n) is 3.12. The number of ether oxygens (including phenoxy) is 1. The Kier molecular flexibility index (Phi) is 5.75. The van der Waals surface area contributed by atoms with Crippen LogP contribution in [0, 0.1) is 6.92 Å². The number of rotatable bonds is 5. The first-order valence-corrected chi connectivity index (χ1v) is 9.17. The Morgan fingerprint density at radius 1 is 1.31 bits per heavy atom. The molecule has 3 rings (SSSR count). The maximum absolute atomic E-state index is 5.75. The first-order chi connectivity index (χ1) is 12.6. The highest BCUT2D eigenvalue weighted by molar-refractivity contribution is 5.80. The molecule has 26 heavy (non-hydrogen) atoms. The van der Waals surface area contributed by atoms with E-state index >= 15 is 0 Å². The Morgan fingerprint density at radius 2 is 2.15 bits per heavy atom. The maximum Gasteiger partial charge on any atom is 0.194 e. The number of aryl methyl sites for hydroxylation is 1. The molecule has 140 valence electrons. The van der Waals surface area contributed by atoms with Gasteiger partial charge in [0.15, 0.2) is 11.8 Å². The summed E-state index contributed by atoms with van der Waals surface area (Å²) in [6.45, 7) is 7.23. The maximum atomic E-state index is 5.75. The molecule has 0 fully saturated rings. The second kappa shape index (κ2) is 8.21. The van der Waals surface area contributed by atoms with Gasteiger partial charge in [0.05, 0.1) is 13.2 Å². The second-order valence-electron chi connectivity index (χ2n) is 6.57. The Bertz CT molecular complexity index is 782. The van der Waals surface area contributed by atoms with Crippen molar-refractivity contribution in [1.29, 1.82) is 0 Å². The van der Waals surface area contributed by atoms with E-state index in [1.165, 1.54) is 11.1 Å². The van der Waals surface area contributed by atoms with Crippen LogP contribution in [0.25, 0.3) is 0 Å². The van der Waals surface area contributed by atoms with Crippen LogP contribution < -0.4 is 10.1 Å². The highest BCUT2D eigenvalue weighted by Crippen LogP contribution is 2.24. The topological polar surface area (TPSA) is 67.6 Å². The predicted molar refractivity (Wildman–Crippen MR) is 102 cm³/mol. The Balaban J connectivity index is 1.63. The lowest BCUT2D eigenvalue weighted by Crippen LogP contribution is -2.44. The molecule has 0 atom stereocenters. The average Bonchev–Trinajstić information content (AvgIpc) is 2.98. The van der Waals surface area contributed by atoms with E-state index in [2.05, 4.69) is 50.5 Å². The Hall–Kier alpha value is -2.57. The number of nitrogens with one attached hydrogen (secondary N) is 1. The first-order valence-electron chi connectivity index (χ1n) is 9.17. The SMILES string of the molecule is CCCOc1ccc2c(c1)CCN(C(=NC)NCc1nnc(C)n1C)C2. The molecule has 0 amide bonds. The summed E-state index contributed by atoms with van der Waals surface area (Å²) in [5, 5.41) is 11.7. The fraction of sp³-hybridized carbons (Fsp3) is 0.526. The van der Waals surface area contributed by atoms with Crippen LogP contribution in [0.5, 0.6) is 5.75 Å². The lowest BCUT2D eigenvalue weighted by molar-refractivity contribution is 0.315. The van der Waals surface area contributed by atoms with Gasteiger partial charge in [-0.2, -0.15) is 0 Å². The van der Waals surface area contributed by atoms with Gasteiger partial charge in [0.1, 0.15) is 11.6 Å². The molecule has 1 aliphatic rings. The van der Waals surface area contributed by atoms with Crippen LogP contribution in [0.4, 0.5) is 0 Å². The van der Waals surface area contributed by atoms with E-state index in [9.17, 15) is 0 Å². The van der Waals surface area contributed by atoms with E-state index in [-0.39, 0.29) is 0 Å². The van der Waals surface area contributed by atoms with Crippen molar-refractivity contribution in [3.05, 3.63) is 41.0 Å². The Morgan fingerprint density at radius 3 is 2.85 bits per heavy atom. The van der Waals surface area contributed by atoms with Crippen molar-refractivity contribution in [1.82, 2.24) is 25.0 Å². The van der Waals surface area contributed by atoms with Gasteiger partial charge in [-0.05, 0) is 43.0 Å². The van der Waals surface area contributed by atoms with Crippen molar-refractivity contribution in [2.45, 2.75) is 39.8 Å². The van der Waals surface area contributed by atoms with Gasteiger partial charge in [-0.15, -0.1) is 10.2 Å². The third kappa shape index (κ3) is 3.98. The Labute approximate surface area is 155 Å². The lowest BCUT2D eigenvalue weighted by Gasteiger charge is -2.31. The van der Waals surface area contributed by atoms with Crippen LogP contribution in [0.2, 0.25) is 0 Å². The van der Waals surface area contributed by atoms with Crippen LogP contribution in [0.3, 0.4) is 0 Å². The van der Waals surface area contributed by atoms with Gasteiger partial charge in [-0.1, -0.05) is 13.0 Å². The first kappa shape index (κ1) is 18.2.